The molecule has 0 aliphatic carbocycles. The average Bonchev–Trinajstić information content (AvgIpc) is 3.26. The van der Waals surface area contributed by atoms with Crippen molar-refractivity contribution in [2.75, 3.05) is 10.6 Å². The van der Waals surface area contributed by atoms with Gasteiger partial charge in [0.05, 0.1) is 11.6 Å². The molecular formula is C25H22FN3OS. The monoisotopic (exact) mass is 431 g/mol. The first kappa shape index (κ1) is 20.8. The van der Waals surface area contributed by atoms with Crippen LogP contribution in [0.1, 0.15) is 24.8 Å². The number of hydrogen-bond acceptors (Lipinski definition) is 4. The van der Waals surface area contributed by atoms with Crippen molar-refractivity contribution < 1.29 is 9.18 Å². The fourth-order valence-corrected chi connectivity index (χ4v) is 4.07. The Bertz CT molecular complexity index is 1140. The summed E-state index contributed by atoms with van der Waals surface area (Å²) in [7, 11) is 0. The molecule has 3 aromatic carbocycles. The molecule has 2 N–H and O–H groups in total. The number of hydrogen-bond donors (Lipinski definition) is 2. The van der Waals surface area contributed by atoms with Crippen LogP contribution in [0.4, 0.5) is 20.9 Å². The molecule has 1 unspecified atom stereocenters. The first-order valence-electron chi connectivity index (χ1n) is 10.1. The van der Waals surface area contributed by atoms with Crippen molar-refractivity contribution in [3.8, 4) is 11.3 Å². The summed E-state index contributed by atoms with van der Waals surface area (Å²) < 4.78 is 13.0. The van der Waals surface area contributed by atoms with Crippen molar-refractivity contribution >= 4 is 33.8 Å². The Morgan fingerprint density at radius 1 is 0.968 bits per heavy atom. The standard InChI is InChI=1S/C25H22FN3OS/c1-2-22(17-6-4-3-5-7-17)24(30)27-20-12-8-18(9-13-20)23-16-31-25(29-23)28-21-14-10-19(26)11-15-21/h3-16,22H,2H2,1H3,(H,27,30)(H,28,29). The lowest BCUT2D eigenvalue weighted by Crippen LogP contribution is -2.20. The zero-order chi connectivity index (χ0) is 21.6. The number of benzene rings is 3. The predicted octanol–water partition coefficient (Wildman–Crippen LogP) is 6.83. The van der Waals surface area contributed by atoms with Gasteiger partial charge in [-0.1, -0.05) is 49.4 Å². The Labute approximate surface area is 184 Å². The van der Waals surface area contributed by atoms with E-state index in [9.17, 15) is 9.18 Å². The van der Waals surface area contributed by atoms with Crippen molar-refractivity contribution in [1.82, 2.24) is 4.98 Å². The van der Waals surface area contributed by atoms with Gasteiger partial charge < -0.3 is 10.6 Å². The van der Waals surface area contributed by atoms with Gasteiger partial charge >= 0.3 is 0 Å². The number of nitrogens with zero attached hydrogens (tertiary/aromatic N) is 1. The molecular weight excluding hydrogens is 409 g/mol. The SMILES string of the molecule is CCC(C(=O)Nc1ccc(-c2csc(Nc3ccc(F)cc3)n2)cc1)c1ccccc1. The number of amides is 1. The van der Waals surface area contributed by atoms with Gasteiger partial charge in [-0.15, -0.1) is 11.3 Å². The zero-order valence-electron chi connectivity index (χ0n) is 17.0. The number of halogens is 1. The Hall–Kier alpha value is -3.51. The molecule has 0 saturated heterocycles. The third kappa shape index (κ3) is 5.16. The molecule has 0 aliphatic rings. The molecule has 1 atom stereocenters. The largest absolute Gasteiger partial charge is 0.332 e. The Morgan fingerprint density at radius 3 is 2.32 bits per heavy atom. The van der Waals surface area contributed by atoms with E-state index in [1.165, 1.54) is 23.5 Å². The van der Waals surface area contributed by atoms with E-state index in [1.807, 2.05) is 66.9 Å². The fraction of sp³-hybridized carbons (Fsp3) is 0.120. The van der Waals surface area contributed by atoms with Gasteiger partial charge in [-0.25, -0.2) is 9.37 Å². The second kappa shape index (κ2) is 9.53. The molecule has 0 radical (unpaired) electrons. The molecule has 4 aromatic rings. The maximum Gasteiger partial charge on any atom is 0.231 e. The van der Waals surface area contributed by atoms with Gasteiger partial charge in [-0.05, 0) is 48.4 Å². The smallest absolute Gasteiger partial charge is 0.231 e. The van der Waals surface area contributed by atoms with Crippen LogP contribution in [0.3, 0.4) is 0 Å². The summed E-state index contributed by atoms with van der Waals surface area (Å²) >= 11 is 1.48. The summed E-state index contributed by atoms with van der Waals surface area (Å²) in [5, 5.41) is 8.88. The van der Waals surface area contributed by atoms with Crippen LogP contribution in [0, 0.1) is 5.82 Å². The second-order valence-electron chi connectivity index (χ2n) is 7.11. The minimum atomic E-state index is -0.272. The summed E-state index contributed by atoms with van der Waals surface area (Å²) in [5.74, 6) is -0.466. The van der Waals surface area contributed by atoms with Crippen LogP contribution in [0.2, 0.25) is 0 Å². The molecule has 6 heteroatoms. The molecule has 1 amide bonds. The Balaban J connectivity index is 1.42. The molecule has 0 spiro atoms. The summed E-state index contributed by atoms with van der Waals surface area (Å²) in [6, 6.07) is 23.6. The summed E-state index contributed by atoms with van der Waals surface area (Å²) in [5.41, 5.74) is 4.34. The van der Waals surface area contributed by atoms with Crippen LogP contribution in [0.15, 0.2) is 84.2 Å². The minimum absolute atomic E-state index is 0.0131. The third-order valence-electron chi connectivity index (χ3n) is 4.97. The lowest BCUT2D eigenvalue weighted by molar-refractivity contribution is -0.117. The topological polar surface area (TPSA) is 54.0 Å². The Morgan fingerprint density at radius 2 is 1.65 bits per heavy atom. The number of carbonyl (C=O) groups is 1. The molecule has 4 nitrogen and oxygen atoms in total. The number of carbonyl (C=O) groups excluding carboxylic acids is 1. The lowest BCUT2D eigenvalue weighted by atomic mass is 9.95. The average molecular weight is 432 g/mol. The summed E-state index contributed by atoms with van der Waals surface area (Å²) in [6.45, 7) is 2.01. The minimum Gasteiger partial charge on any atom is -0.332 e. The molecule has 4 rings (SSSR count). The van der Waals surface area contributed by atoms with Crippen LogP contribution >= 0.6 is 11.3 Å². The Kier molecular flexibility index (Phi) is 6.38. The maximum atomic E-state index is 13.0. The number of thiazole rings is 1. The van der Waals surface area contributed by atoms with Gasteiger partial charge in [0, 0.05) is 22.3 Å². The molecule has 0 saturated carbocycles. The van der Waals surface area contributed by atoms with Crippen LogP contribution < -0.4 is 10.6 Å². The van der Waals surface area contributed by atoms with Crippen molar-refractivity contribution in [3.63, 3.8) is 0 Å². The maximum absolute atomic E-state index is 13.0. The molecule has 1 aromatic heterocycles. The van der Waals surface area contributed by atoms with E-state index in [1.54, 1.807) is 12.1 Å². The lowest BCUT2D eigenvalue weighted by Gasteiger charge is -2.15. The van der Waals surface area contributed by atoms with Gasteiger partial charge in [0.2, 0.25) is 5.91 Å². The quantitative estimate of drug-likeness (QED) is 0.337. The van der Waals surface area contributed by atoms with Crippen molar-refractivity contribution in [1.29, 1.82) is 0 Å². The normalized spacial score (nSPS) is 11.7. The van der Waals surface area contributed by atoms with Crippen LogP contribution in [0.25, 0.3) is 11.3 Å². The first-order valence-corrected chi connectivity index (χ1v) is 10.9. The van der Waals surface area contributed by atoms with Gasteiger partial charge in [0.15, 0.2) is 5.13 Å². The fourth-order valence-electron chi connectivity index (χ4n) is 3.33. The van der Waals surface area contributed by atoms with Gasteiger partial charge in [0.25, 0.3) is 0 Å². The van der Waals surface area contributed by atoms with E-state index >= 15 is 0 Å². The first-order chi connectivity index (χ1) is 15.1. The van der Waals surface area contributed by atoms with E-state index in [0.717, 1.165) is 39.7 Å². The highest BCUT2D eigenvalue weighted by Gasteiger charge is 2.18. The molecule has 0 bridgehead atoms. The van der Waals surface area contributed by atoms with Crippen molar-refractivity contribution in [2.24, 2.45) is 0 Å². The number of nitrogens with one attached hydrogen (secondary N) is 2. The van der Waals surface area contributed by atoms with Crippen LogP contribution in [-0.2, 0) is 4.79 Å². The van der Waals surface area contributed by atoms with Crippen LogP contribution in [0.5, 0.6) is 0 Å². The molecule has 0 fully saturated rings. The number of rotatable bonds is 7. The zero-order valence-corrected chi connectivity index (χ0v) is 17.8. The highest BCUT2D eigenvalue weighted by Crippen LogP contribution is 2.28. The molecule has 31 heavy (non-hydrogen) atoms. The third-order valence-corrected chi connectivity index (χ3v) is 5.73. The van der Waals surface area contributed by atoms with E-state index in [-0.39, 0.29) is 17.6 Å². The predicted molar refractivity (Wildman–Crippen MR) is 125 cm³/mol. The highest BCUT2D eigenvalue weighted by atomic mass is 32.1. The van der Waals surface area contributed by atoms with Crippen molar-refractivity contribution in [3.05, 3.63) is 95.6 Å². The van der Waals surface area contributed by atoms with Gasteiger partial charge in [-0.3, -0.25) is 4.79 Å². The van der Waals surface area contributed by atoms with Crippen molar-refractivity contribution in [2.45, 2.75) is 19.3 Å². The van der Waals surface area contributed by atoms with E-state index in [2.05, 4.69) is 15.6 Å². The van der Waals surface area contributed by atoms with E-state index in [0.29, 0.717) is 0 Å². The molecule has 1 heterocycles. The second-order valence-corrected chi connectivity index (χ2v) is 7.97. The van der Waals surface area contributed by atoms with Gasteiger partial charge in [0.1, 0.15) is 5.82 Å². The number of aromatic nitrogens is 1. The number of anilines is 3. The summed E-state index contributed by atoms with van der Waals surface area (Å²) in [4.78, 5) is 17.3. The van der Waals surface area contributed by atoms with E-state index < -0.39 is 0 Å². The van der Waals surface area contributed by atoms with Crippen LogP contribution in [-0.4, -0.2) is 10.9 Å². The van der Waals surface area contributed by atoms with Gasteiger partial charge in [-0.2, -0.15) is 0 Å². The molecule has 156 valence electrons. The van der Waals surface area contributed by atoms with E-state index in [4.69, 9.17) is 0 Å². The molecule has 0 aliphatic heterocycles. The highest BCUT2D eigenvalue weighted by molar-refractivity contribution is 7.14. The summed E-state index contributed by atoms with van der Waals surface area (Å²) in [6.07, 6.45) is 0.733.